The minimum atomic E-state index is -3.89. The number of hydrogen-bond donors (Lipinski definition) is 1. The van der Waals surface area contributed by atoms with Gasteiger partial charge in [-0.05, 0) is 70.4 Å². The van der Waals surface area contributed by atoms with Crippen LogP contribution in [-0.4, -0.2) is 93.6 Å². The van der Waals surface area contributed by atoms with Gasteiger partial charge < -0.3 is 24.4 Å². The summed E-state index contributed by atoms with van der Waals surface area (Å²) in [6.45, 7) is 13.5. The van der Waals surface area contributed by atoms with Gasteiger partial charge in [0.1, 0.15) is 18.2 Å². The van der Waals surface area contributed by atoms with E-state index in [2.05, 4.69) is 10.3 Å². The van der Waals surface area contributed by atoms with Crippen molar-refractivity contribution in [1.29, 1.82) is 0 Å². The molecule has 0 bridgehead atoms. The number of carbonyl (C=O) groups is 1. The molecule has 2 aromatic carbocycles. The van der Waals surface area contributed by atoms with Crippen molar-refractivity contribution >= 4 is 21.8 Å². The van der Waals surface area contributed by atoms with Crippen molar-refractivity contribution in [2.75, 3.05) is 46.6 Å². The van der Waals surface area contributed by atoms with Gasteiger partial charge in [0.25, 0.3) is 0 Å². The third-order valence-electron chi connectivity index (χ3n) is 7.58. The second kappa shape index (κ2) is 13.1. The van der Waals surface area contributed by atoms with Crippen LogP contribution in [0, 0.1) is 13.8 Å². The van der Waals surface area contributed by atoms with Crippen LogP contribution in [0.25, 0.3) is 0 Å². The van der Waals surface area contributed by atoms with Crippen LogP contribution in [0.4, 0.5) is 0 Å². The maximum Gasteiger partial charge on any atom is 0.249 e. The first-order valence-corrected chi connectivity index (χ1v) is 15.8. The van der Waals surface area contributed by atoms with Crippen molar-refractivity contribution in [3.63, 3.8) is 0 Å². The van der Waals surface area contributed by atoms with Gasteiger partial charge in [-0.25, -0.2) is 8.42 Å². The van der Waals surface area contributed by atoms with Crippen LogP contribution in [0.3, 0.4) is 0 Å². The van der Waals surface area contributed by atoms with E-state index in [1.165, 1.54) is 4.31 Å². The third kappa shape index (κ3) is 7.31. The summed E-state index contributed by atoms with van der Waals surface area (Å²) in [5.74, 6) is 1.34. The molecule has 2 heterocycles. The van der Waals surface area contributed by atoms with E-state index in [9.17, 15) is 13.2 Å². The highest BCUT2D eigenvalue weighted by Gasteiger charge is 2.42. The van der Waals surface area contributed by atoms with E-state index in [0.29, 0.717) is 23.4 Å². The normalized spacial score (nSPS) is 19.0. The highest BCUT2D eigenvalue weighted by atomic mass is 32.2. The Morgan fingerprint density at radius 2 is 1.86 bits per heavy atom. The van der Waals surface area contributed by atoms with Gasteiger partial charge >= 0.3 is 0 Å². The fourth-order valence-corrected chi connectivity index (χ4v) is 7.56. The lowest BCUT2D eigenvalue weighted by Gasteiger charge is -2.43. The quantitative estimate of drug-likeness (QED) is 0.422. The zero-order valence-electron chi connectivity index (χ0n) is 25.8. The summed E-state index contributed by atoms with van der Waals surface area (Å²) in [4.78, 5) is 19.7. The number of sulfonamides is 1. The number of amides is 1. The lowest BCUT2D eigenvalue weighted by atomic mass is 10.1. The van der Waals surface area contributed by atoms with Gasteiger partial charge in [-0.15, -0.1) is 0 Å². The molecule has 1 N–H and O–H groups in total. The maximum absolute atomic E-state index is 14.0. The molecule has 2 aliphatic rings. The Morgan fingerprint density at radius 1 is 1.19 bits per heavy atom. The van der Waals surface area contributed by atoms with Crippen LogP contribution in [-0.2, 0) is 30.8 Å². The summed E-state index contributed by atoms with van der Waals surface area (Å²) >= 11 is 0. The Labute approximate surface area is 250 Å². The zero-order chi connectivity index (χ0) is 30.7. The first-order valence-electron chi connectivity index (χ1n) is 14.4. The van der Waals surface area contributed by atoms with E-state index in [1.807, 2.05) is 52.0 Å². The van der Waals surface area contributed by atoms with E-state index >= 15 is 0 Å². The molecule has 0 aliphatic carbocycles. The smallest absolute Gasteiger partial charge is 0.249 e. The Balaban J connectivity index is 1.43. The highest BCUT2D eigenvalue weighted by molar-refractivity contribution is 7.89. The number of ether oxygens (including phenoxy) is 3. The summed E-state index contributed by atoms with van der Waals surface area (Å²) in [5.41, 5.74) is 2.58. The zero-order valence-corrected chi connectivity index (χ0v) is 26.6. The van der Waals surface area contributed by atoms with E-state index in [0.717, 1.165) is 30.1 Å². The molecule has 0 spiro atoms. The maximum atomic E-state index is 14.0. The lowest BCUT2D eigenvalue weighted by molar-refractivity contribution is -0.141. The van der Waals surface area contributed by atoms with Crippen LogP contribution in [0.15, 0.2) is 46.3 Å². The number of hydrogen-bond acceptors (Lipinski definition) is 8. The molecule has 0 aromatic heterocycles. The van der Waals surface area contributed by atoms with Crippen molar-refractivity contribution in [3.8, 4) is 5.75 Å². The third-order valence-corrected chi connectivity index (χ3v) is 9.79. The minimum Gasteiger partial charge on any atom is -0.497 e. The number of aliphatic imine (C=N–C) groups is 1. The van der Waals surface area contributed by atoms with Gasteiger partial charge in [0.2, 0.25) is 15.9 Å². The molecule has 2 aliphatic heterocycles. The van der Waals surface area contributed by atoms with Crippen LogP contribution in [0.2, 0.25) is 0 Å². The Kier molecular flexibility index (Phi) is 9.97. The average molecular weight is 601 g/mol. The Hall–Kier alpha value is -2.99. The number of methoxy groups -OCH3 is 1. The topological polar surface area (TPSA) is 110 Å². The number of amidine groups is 1. The summed E-state index contributed by atoms with van der Waals surface area (Å²) in [6.07, 6.45) is 0. The Bertz CT molecular complexity index is 1380. The van der Waals surface area contributed by atoms with Gasteiger partial charge in [0.05, 0.1) is 43.4 Å². The number of nitrogens with one attached hydrogen (secondary N) is 1. The van der Waals surface area contributed by atoms with Gasteiger partial charge in [-0.2, -0.15) is 4.31 Å². The van der Waals surface area contributed by atoms with E-state index in [1.54, 1.807) is 38.0 Å². The summed E-state index contributed by atoms with van der Waals surface area (Å²) in [5, 5.41) is 3.27. The molecule has 42 heavy (non-hydrogen) atoms. The first kappa shape index (κ1) is 31.9. The molecule has 0 unspecified atom stereocenters. The van der Waals surface area contributed by atoms with Crippen LogP contribution in [0.5, 0.6) is 5.75 Å². The molecular formula is C31H44N4O6S. The van der Waals surface area contributed by atoms with Crippen LogP contribution in [0.1, 0.15) is 49.9 Å². The second-order valence-corrected chi connectivity index (χ2v) is 13.7. The van der Waals surface area contributed by atoms with Crippen LogP contribution < -0.4 is 10.1 Å². The SMILES string of the molecule is COc1cc(C)c(S(=O)(=O)N2CC(C)(C)OC[C@H]2COCC(=O)N(Cc2ccc(C3=NCCN3)cc2)C(C)C)c(C)c1. The fraction of sp³-hybridized carbons (Fsp3) is 0.548. The fourth-order valence-electron chi connectivity index (χ4n) is 5.40. The highest BCUT2D eigenvalue weighted by Crippen LogP contribution is 2.32. The molecule has 1 amide bonds. The van der Waals surface area contributed by atoms with Crippen molar-refractivity contribution < 1.29 is 27.4 Å². The van der Waals surface area contributed by atoms with Crippen LogP contribution >= 0.6 is 0 Å². The number of nitrogens with zero attached hydrogens (tertiary/aromatic N) is 3. The van der Waals surface area contributed by atoms with E-state index < -0.39 is 21.7 Å². The van der Waals surface area contributed by atoms with Gasteiger partial charge in [-0.3, -0.25) is 9.79 Å². The van der Waals surface area contributed by atoms with Gasteiger partial charge in [0, 0.05) is 31.2 Å². The molecule has 11 heteroatoms. The van der Waals surface area contributed by atoms with Gasteiger partial charge in [0.15, 0.2) is 0 Å². The minimum absolute atomic E-state index is 0.0328. The summed E-state index contributed by atoms with van der Waals surface area (Å²) in [6, 6.07) is 10.9. The summed E-state index contributed by atoms with van der Waals surface area (Å²) < 4.78 is 46.7. The van der Waals surface area contributed by atoms with Gasteiger partial charge in [-0.1, -0.05) is 24.3 Å². The molecule has 230 valence electrons. The molecule has 4 rings (SSSR count). The summed E-state index contributed by atoms with van der Waals surface area (Å²) in [7, 11) is -2.33. The molecule has 1 atom stereocenters. The van der Waals surface area contributed by atoms with E-state index in [4.69, 9.17) is 14.2 Å². The number of aryl methyl sites for hydroxylation is 2. The largest absolute Gasteiger partial charge is 0.497 e. The van der Waals surface area contributed by atoms with Crippen molar-refractivity contribution in [2.45, 2.75) is 70.7 Å². The first-order chi connectivity index (χ1) is 19.8. The molecule has 0 radical (unpaired) electrons. The predicted molar refractivity (Wildman–Crippen MR) is 163 cm³/mol. The number of benzene rings is 2. The average Bonchev–Trinajstić information content (AvgIpc) is 3.47. The van der Waals surface area contributed by atoms with Crippen molar-refractivity contribution in [3.05, 3.63) is 58.7 Å². The molecule has 1 saturated heterocycles. The predicted octanol–water partition coefficient (Wildman–Crippen LogP) is 3.28. The number of carbonyl (C=O) groups excluding carboxylic acids is 1. The number of morpholine rings is 1. The molecule has 10 nitrogen and oxygen atoms in total. The molecular weight excluding hydrogens is 556 g/mol. The second-order valence-electron chi connectivity index (χ2n) is 11.8. The van der Waals surface area contributed by atoms with E-state index in [-0.39, 0.29) is 43.2 Å². The lowest BCUT2D eigenvalue weighted by Crippen LogP contribution is -2.57. The van der Waals surface area contributed by atoms with Crippen molar-refractivity contribution in [1.82, 2.24) is 14.5 Å². The molecule has 1 fully saturated rings. The number of rotatable bonds is 11. The van der Waals surface area contributed by atoms with Crippen molar-refractivity contribution in [2.24, 2.45) is 4.99 Å². The molecule has 0 saturated carbocycles. The standard InChI is InChI=1S/C31H44N4O6S/c1-21(2)34(16-24-8-10-25(11-9-24)30-32-12-13-33-30)28(36)19-40-17-26-18-41-31(5,6)20-35(26)42(37,38)29-22(3)14-27(39-7)15-23(29)4/h8-11,14-15,21,26H,12-13,16-20H2,1-7H3,(H,32,33)/t26-/m1/s1. The monoisotopic (exact) mass is 600 g/mol. The molecule has 2 aromatic rings. The Morgan fingerprint density at radius 3 is 2.43 bits per heavy atom.